The van der Waals surface area contributed by atoms with Gasteiger partial charge >= 0.3 is 0 Å². The van der Waals surface area contributed by atoms with Crippen LogP contribution in [0.4, 0.5) is 22.7 Å². The molecule has 2 N–H and O–H groups in total. The van der Waals surface area contributed by atoms with E-state index in [9.17, 15) is 0 Å². The standard InChI is InChI=1S/C55H59N3/c1-36-32-38(3)54(39(4)33-36)57-50-30-31-51(41(6)40(50)5)58(9)43(8)42(7)56-55-48(52(44-22-14-10-15-23-44)45-24-16-11-17-25-45)34-37(2)35-49(55)53(46-26-18-12-19-27-46)47-28-20-13-21-29-47/h10-35,42-43,52-53,56-57H,1-9H3. The molecule has 0 radical (unpaired) electrons. The van der Waals surface area contributed by atoms with Gasteiger partial charge in [0, 0.05) is 53.7 Å². The fraction of sp³-hybridized carbons (Fsp3) is 0.236. The predicted molar refractivity (Wildman–Crippen MR) is 250 cm³/mol. The summed E-state index contributed by atoms with van der Waals surface area (Å²) in [5.41, 5.74) is 20.1. The Morgan fingerprint density at radius 2 is 0.845 bits per heavy atom. The molecular weight excluding hydrogens is 703 g/mol. The first kappa shape index (κ1) is 40.1. The molecule has 0 aromatic heterocycles. The van der Waals surface area contributed by atoms with Gasteiger partial charge in [0.1, 0.15) is 0 Å². The van der Waals surface area contributed by atoms with Crippen molar-refractivity contribution in [2.24, 2.45) is 0 Å². The van der Waals surface area contributed by atoms with E-state index in [2.05, 4.69) is 236 Å². The van der Waals surface area contributed by atoms with Crippen molar-refractivity contribution in [3.63, 3.8) is 0 Å². The molecule has 0 saturated heterocycles. The van der Waals surface area contributed by atoms with Gasteiger partial charge in [-0.2, -0.15) is 0 Å². The van der Waals surface area contributed by atoms with Crippen LogP contribution in [0.5, 0.6) is 0 Å². The van der Waals surface area contributed by atoms with Gasteiger partial charge in [0.25, 0.3) is 0 Å². The van der Waals surface area contributed by atoms with Crippen molar-refractivity contribution in [1.29, 1.82) is 0 Å². The summed E-state index contributed by atoms with van der Waals surface area (Å²) in [6.45, 7) is 18.0. The van der Waals surface area contributed by atoms with Gasteiger partial charge in [-0.1, -0.05) is 157 Å². The molecule has 2 unspecified atom stereocenters. The number of aryl methyl sites for hydroxylation is 4. The largest absolute Gasteiger partial charge is 0.380 e. The topological polar surface area (TPSA) is 27.3 Å². The van der Waals surface area contributed by atoms with E-state index in [4.69, 9.17) is 0 Å². The molecule has 0 bridgehead atoms. The van der Waals surface area contributed by atoms with Crippen LogP contribution in [0.3, 0.4) is 0 Å². The number of anilines is 4. The molecule has 0 aliphatic heterocycles. The summed E-state index contributed by atoms with van der Waals surface area (Å²) in [6, 6.07) is 58.1. The van der Waals surface area contributed by atoms with Crippen molar-refractivity contribution in [1.82, 2.24) is 0 Å². The summed E-state index contributed by atoms with van der Waals surface area (Å²) in [5, 5.41) is 8.03. The van der Waals surface area contributed by atoms with Gasteiger partial charge < -0.3 is 15.5 Å². The zero-order chi connectivity index (χ0) is 40.9. The maximum absolute atomic E-state index is 4.24. The number of hydrogen-bond donors (Lipinski definition) is 2. The van der Waals surface area contributed by atoms with E-state index in [1.807, 2.05) is 0 Å². The second kappa shape index (κ2) is 17.6. The Morgan fingerprint density at radius 1 is 0.448 bits per heavy atom. The Kier molecular flexibility index (Phi) is 12.2. The minimum atomic E-state index is 0.0294. The van der Waals surface area contributed by atoms with Crippen molar-refractivity contribution >= 4 is 22.7 Å². The highest BCUT2D eigenvalue weighted by Gasteiger charge is 2.29. The highest BCUT2D eigenvalue weighted by atomic mass is 15.2. The van der Waals surface area contributed by atoms with Crippen molar-refractivity contribution in [3.05, 3.63) is 224 Å². The van der Waals surface area contributed by atoms with Gasteiger partial charge in [-0.15, -0.1) is 0 Å². The van der Waals surface area contributed by atoms with Crippen LogP contribution in [-0.4, -0.2) is 19.1 Å². The zero-order valence-corrected chi connectivity index (χ0v) is 35.8. The Hall–Kier alpha value is -6.06. The lowest BCUT2D eigenvalue weighted by Gasteiger charge is -2.36. The molecule has 0 spiro atoms. The summed E-state index contributed by atoms with van der Waals surface area (Å²) in [7, 11) is 2.25. The first-order chi connectivity index (χ1) is 28.0. The van der Waals surface area contributed by atoms with Crippen LogP contribution in [-0.2, 0) is 0 Å². The summed E-state index contributed by atoms with van der Waals surface area (Å²) >= 11 is 0. The molecule has 0 aliphatic rings. The predicted octanol–water partition coefficient (Wildman–Crippen LogP) is 14.0. The minimum absolute atomic E-state index is 0.0294. The lowest BCUT2D eigenvalue weighted by molar-refractivity contribution is 0.600. The quantitative estimate of drug-likeness (QED) is 0.115. The average Bonchev–Trinajstić information content (AvgIpc) is 3.23. The Balaban J connectivity index is 1.33. The van der Waals surface area contributed by atoms with Crippen LogP contribution in [0.2, 0.25) is 0 Å². The lowest BCUT2D eigenvalue weighted by atomic mass is 9.78. The molecule has 294 valence electrons. The molecule has 0 aliphatic carbocycles. The molecule has 0 heterocycles. The maximum atomic E-state index is 4.24. The third-order valence-electron chi connectivity index (χ3n) is 12.3. The van der Waals surface area contributed by atoms with Crippen LogP contribution in [0.25, 0.3) is 0 Å². The highest BCUT2D eigenvalue weighted by Crippen LogP contribution is 2.45. The molecule has 58 heavy (non-hydrogen) atoms. The summed E-state index contributed by atoms with van der Waals surface area (Å²) in [6.07, 6.45) is 0. The number of benzene rings is 7. The Morgan fingerprint density at radius 3 is 1.26 bits per heavy atom. The SMILES string of the molecule is Cc1cc(C)c(Nc2ccc(N(C)C(C)C(C)Nc3c(C(c4ccccc4)c4ccccc4)cc(C)cc3C(c3ccccc3)c3ccccc3)c(C)c2C)c(C)c1. The van der Waals surface area contributed by atoms with E-state index in [0.717, 1.165) is 5.69 Å². The normalized spacial score (nSPS) is 12.4. The van der Waals surface area contributed by atoms with E-state index >= 15 is 0 Å². The average molecular weight is 762 g/mol. The van der Waals surface area contributed by atoms with Crippen LogP contribution < -0.4 is 15.5 Å². The first-order valence-corrected chi connectivity index (χ1v) is 20.8. The lowest BCUT2D eigenvalue weighted by Crippen LogP contribution is -2.42. The van der Waals surface area contributed by atoms with Crippen LogP contribution in [0.15, 0.2) is 158 Å². The van der Waals surface area contributed by atoms with Gasteiger partial charge in [0.2, 0.25) is 0 Å². The summed E-state index contributed by atoms with van der Waals surface area (Å²) in [4.78, 5) is 2.46. The molecule has 0 amide bonds. The van der Waals surface area contributed by atoms with Crippen LogP contribution >= 0.6 is 0 Å². The first-order valence-electron chi connectivity index (χ1n) is 20.8. The van der Waals surface area contributed by atoms with Crippen molar-refractivity contribution in [2.45, 2.75) is 79.3 Å². The third-order valence-corrected chi connectivity index (χ3v) is 12.3. The van der Waals surface area contributed by atoms with Crippen molar-refractivity contribution in [3.8, 4) is 0 Å². The van der Waals surface area contributed by atoms with Gasteiger partial charge in [0.15, 0.2) is 0 Å². The van der Waals surface area contributed by atoms with E-state index in [1.165, 1.54) is 83.8 Å². The fourth-order valence-electron chi connectivity index (χ4n) is 8.89. The highest BCUT2D eigenvalue weighted by molar-refractivity contribution is 5.74. The van der Waals surface area contributed by atoms with E-state index < -0.39 is 0 Å². The van der Waals surface area contributed by atoms with E-state index in [1.54, 1.807) is 0 Å². The third kappa shape index (κ3) is 8.46. The van der Waals surface area contributed by atoms with Gasteiger partial charge in [-0.25, -0.2) is 0 Å². The molecule has 7 rings (SSSR count). The summed E-state index contributed by atoms with van der Waals surface area (Å²) < 4.78 is 0. The number of nitrogens with one attached hydrogen (secondary N) is 2. The fourth-order valence-corrected chi connectivity index (χ4v) is 8.89. The zero-order valence-electron chi connectivity index (χ0n) is 35.8. The van der Waals surface area contributed by atoms with Gasteiger partial charge in [-0.3, -0.25) is 0 Å². The number of likely N-dealkylation sites (N-methyl/N-ethyl adjacent to an activating group) is 1. The summed E-state index contributed by atoms with van der Waals surface area (Å²) in [5.74, 6) is 0.0587. The van der Waals surface area contributed by atoms with E-state index in [-0.39, 0.29) is 23.9 Å². The number of rotatable bonds is 13. The minimum Gasteiger partial charge on any atom is -0.380 e. The van der Waals surface area contributed by atoms with Gasteiger partial charge in [-0.05, 0) is 123 Å². The molecule has 2 atom stereocenters. The Bertz CT molecular complexity index is 2250. The number of hydrogen-bond acceptors (Lipinski definition) is 3. The Labute approximate surface area is 347 Å². The van der Waals surface area contributed by atoms with Crippen molar-refractivity contribution in [2.75, 3.05) is 22.6 Å². The van der Waals surface area contributed by atoms with Gasteiger partial charge in [0.05, 0.1) is 0 Å². The molecule has 0 fully saturated rings. The van der Waals surface area contributed by atoms with Crippen molar-refractivity contribution < 1.29 is 0 Å². The molecule has 7 aromatic carbocycles. The van der Waals surface area contributed by atoms with E-state index in [0.29, 0.717) is 0 Å². The molecular formula is C55H59N3. The second-order valence-corrected chi connectivity index (χ2v) is 16.4. The molecule has 7 aromatic rings. The maximum Gasteiger partial charge on any atom is 0.0457 e. The van der Waals surface area contributed by atoms with Crippen LogP contribution in [0.1, 0.15) is 92.4 Å². The monoisotopic (exact) mass is 761 g/mol. The second-order valence-electron chi connectivity index (χ2n) is 16.4. The smallest absolute Gasteiger partial charge is 0.0457 e. The van der Waals surface area contributed by atoms with Crippen LogP contribution in [0, 0.1) is 41.5 Å². The molecule has 3 nitrogen and oxygen atoms in total. The number of nitrogens with zero attached hydrogens (tertiary/aromatic N) is 1. The molecule has 0 saturated carbocycles. The molecule has 3 heteroatoms.